The molecule has 5 heteroatoms. The quantitative estimate of drug-likeness (QED) is 0.331. The lowest BCUT2D eigenvalue weighted by Gasteiger charge is -2.39. The number of hydrogen-bond donors (Lipinski definition) is 0. The maximum absolute atomic E-state index is 13.4. The molecular formula is C30H32ClNO2S. The van der Waals surface area contributed by atoms with Gasteiger partial charge in [0.05, 0.1) is 5.02 Å². The van der Waals surface area contributed by atoms with Crippen LogP contribution in [0.3, 0.4) is 0 Å². The highest BCUT2D eigenvalue weighted by molar-refractivity contribution is 7.97. The van der Waals surface area contributed by atoms with Crippen molar-refractivity contribution in [1.82, 2.24) is 4.90 Å². The standard InChI is InChI=1S/C30H32ClNO2S/c1-20-7-14-28(31)29(15-20)34-27-16-25-12-13-26(17-27)32(25)30(33)23-10-8-22(9-11-23)18-35-19-24-6-4-3-5-21(24)2/h3-11,14-15,25-27H,12-13,16-19H2,1-2H3. The van der Waals surface area contributed by atoms with E-state index in [-0.39, 0.29) is 24.1 Å². The number of aryl methyl sites for hydroxylation is 2. The summed E-state index contributed by atoms with van der Waals surface area (Å²) in [5.41, 5.74) is 5.90. The Morgan fingerprint density at radius 1 is 0.971 bits per heavy atom. The number of fused-ring (bicyclic) bond motifs is 2. The molecule has 3 aromatic carbocycles. The van der Waals surface area contributed by atoms with Crippen LogP contribution in [0.4, 0.5) is 0 Å². The molecule has 35 heavy (non-hydrogen) atoms. The van der Waals surface area contributed by atoms with Crippen molar-refractivity contribution in [1.29, 1.82) is 0 Å². The number of ether oxygens (including phenoxy) is 1. The lowest BCUT2D eigenvalue weighted by molar-refractivity contribution is 0.0359. The van der Waals surface area contributed by atoms with E-state index in [1.807, 2.05) is 49.0 Å². The van der Waals surface area contributed by atoms with Gasteiger partial charge in [0, 0.05) is 42.0 Å². The normalized spacial score (nSPS) is 21.2. The molecule has 2 fully saturated rings. The van der Waals surface area contributed by atoms with E-state index in [0.717, 1.165) is 54.1 Å². The smallest absolute Gasteiger partial charge is 0.254 e. The predicted molar refractivity (Wildman–Crippen MR) is 145 cm³/mol. The maximum Gasteiger partial charge on any atom is 0.254 e. The minimum Gasteiger partial charge on any atom is -0.489 e. The van der Waals surface area contributed by atoms with Gasteiger partial charge in [-0.15, -0.1) is 0 Å². The molecule has 1 amide bonds. The highest BCUT2D eigenvalue weighted by atomic mass is 35.5. The second-order valence-electron chi connectivity index (χ2n) is 9.86. The van der Waals surface area contributed by atoms with Crippen LogP contribution < -0.4 is 4.74 Å². The Morgan fingerprint density at radius 2 is 1.69 bits per heavy atom. The topological polar surface area (TPSA) is 29.5 Å². The van der Waals surface area contributed by atoms with Gasteiger partial charge in [0.15, 0.2) is 0 Å². The largest absolute Gasteiger partial charge is 0.489 e. The minimum absolute atomic E-state index is 0.100. The Bertz CT molecular complexity index is 1180. The summed E-state index contributed by atoms with van der Waals surface area (Å²) in [4.78, 5) is 15.6. The van der Waals surface area contributed by atoms with Gasteiger partial charge < -0.3 is 9.64 Å². The van der Waals surface area contributed by atoms with Crippen LogP contribution in [0.5, 0.6) is 5.75 Å². The molecule has 2 aliphatic heterocycles. The zero-order valence-electron chi connectivity index (χ0n) is 20.4. The molecule has 0 N–H and O–H groups in total. The number of carbonyl (C=O) groups excluding carboxylic acids is 1. The first-order valence-electron chi connectivity index (χ1n) is 12.4. The van der Waals surface area contributed by atoms with Gasteiger partial charge in [-0.05, 0) is 73.2 Å². The molecule has 0 aromatic heterocycles. The molecule has 2 aliphatic rings. The number of thioether (sulfide) groups is 1. The molecule has 2 heterocycles. The van der Waals surface area contributed by atoms with Gasteiger partial charge in [0.25, 0.3) is 5.91 Å². The van der Waals surface area contributed by atoms with Crippen molar-refractivity contribution in [2.45, 2.75) is 69.2 Å². The zero-order valence-corrected chi connectivity index (χ0v) is 21.9. The fraction of sp³-hybridized carbons (Fsp3) is 0.367. The lowest BCUT2D eigenvalue weighted by Crippen LogP contribution is -2.49. The van der Waals surface area contributed by atoms with E-state index in [9.17, 15) is 4.79 Å². The van der Waals surface area contributed by atoms with Gasteiger partial charge in [0.2, 0.25) is 0 Å². The van der Waals surface area contributed by atoms with Crippen molar-refractivity contribution in [3.63, 3.8) is 0 Å². The fourth-order valence-electron chi connectivity index (χ4n) is 5.38. The molecule has 182 valence electrons. The third kappa shape index (κ3) is 5.54. The van der Waals surface area contributed by atoms with Crippen molar-refractivity contribution in [3.05, 3.63) is 99.6 Å². The Morgan fingerprint density at radius 3 is 2.40 bits per heavy atom. The summed E-state index contributed by atoms with van der Waals surface area (Å²) in [6.45, 7) is 4.21. The summed E-state index contributed by atoms with van der Waals surface area (Å²) in [5, 5.41) is 0.651. The maximum atomic E-state index is 13.4. The van der Waals surface area contributed by atoms with Crippen molar-refractivity contribution < 1.29 is 9.53 Å². The number of nitrogens with zero attached hydrogens (tertiary/aromatic N) is 1. The van der Waals surface area contributed by atoms with Crippen LogP contribution in [0, 0.1) is 13.8 Å². The summed E-state index contributed by atoms with van der Waals surface area (Å²) >= 11 is 8.27. The molecule has 3 aromatic rings. The number of rotatable bonds is 7. The van der Waals surface area contributed by atoms with Crippen LogP contribution in [0.1, 0.15) is 58.3 Å². The van der Waals surface area contributed by atoms with Crippen molar-refractivity contribution in [2.24, 2.45) is 0 Å². The first-order valence-corrected chi connectivity index (χ1v) is 14.0. The van der Waals surface area contributed by atoms with Crippen LogP contribution in [0.2, 0.25) is 5.02 Å². The van der Waals surface area contributed by atoms with E-state index in [1.54, 1.807) is 0 Å². The van der Waals surface area contributed by atoms with Crippen LogP contribution in [0.25, 0.3) is 0 Å². The molecule has 3 nitrogen and oxygen atoms in total. The number of hydrogen-bond acceptors (Lipinski definition) is 3. The minimum atomic E-state index is 0.100. The summed E-state index contributed by atoms with van der Waals surface area (Å²) in [5.74, 6) is 2.86. The van der Waals surface area contributed by atoms with Crippen LogP contribution in [0.15, 0.2) is 66.7 Å². The van der Waals surface area contributed by atoms with E-state index in [4.69, 9.17) is 16.3 Å². The average molecular weight is 506 g/mol. The first kappa shape index (κ1) is 24.3. The monoisotopic (exact) mass is 505 g/mol. The lowest BCUT2D eigenvalue weighted by atomic mass is 9.98. The number of piperidine rings is 1. The Labute approximate surface area is 217 Å². The SMILES string of the molecule is Cc1ccc(Cl)c(OC2CC3CCC(C2)N3C(=O)c2ccc(CSCc3ccccc3C)cc2)c1. The Balaban J connectivity index is 1.18. The number of benzene rings is 3. The second-order valence-corrected chi connectivity index (χ2v) is 11.3. The van der Waals surface area contributed by atoms with Gasteiger partial charge in [-0.1, -0.05) is 54.1 Å². The molecule has 0 aliphatic carbocycles. The number of halogens is 1. The highest BCUT2D eigenvalue weighted by Gasteiger charge is 2.44. The third-order valence-electron chi connectivity index (χ3n) is 7.29. The van der Waals surface area contributed by atoms with E-state index in [2.05, 4.69) is 48.2 Å². The highest BCUT2D eigenvalue weighted by Crippen LogP contribution is 2.39. The molecule has 2 saturated heterocycles. The van der Waals surface area contributed by atoms with Crippen LogP contribution in [-0.4, -0.2) is 29.0 Å². The van der Waals surface area contributed by atoms with Gasteiger partial charge in [-0.25, -0.2) is 0 Å². The molecule has 5 rings (SSSR count). The second kappa shape index (κ2) is 10.7. The molecule has 0 spiro atoms. The van der Waals surface area contributed by atoms with E-state index in [1.165, 1.54) is 16.7 Å². The van der Waals surface area contributed by atoms with Crippen LogP contribution >= 0.6 is 23.4 Å². The molecule has 2 bridgehead atoms. The van der Waals surface area contributed by atoms with E-state index in [0.29, 0.717) is 5.02 Å². The third-order valence-corrected chi connectivity index (χ3v) is 8.66. The predicted octanol–water partition coefficient (Wildman–Crippen LogP) is 7.60. The Kier molecular flexibility index (Phi) is 7.40. The van der Waals surface area contributed by atoms with Gasteiger partial charge in [-0.3, -0.25) is 4.79 Å². The van der Waals surface area contributed by atoms with E-state index >= 15 is 0 Å². The summed E-state index contributed by atoms with van der Waals surface area (Å²) in [6.07, 6.45) is 3.92. The summed E-state index contributed by atoms with van der Waals surface area (Å²) in [6, 6.07) is 23.1. The molecular weight excluding hydrogens is 474 g/mol. The first-order chi connectivity index (χ1) is 17.0. The molecule has 0 saturated carbocycles. The van der Waals surface area contributed by atoms with Gasteiger partial charge in [0.1, 0.15) is 11.9 Å². The zero-order chi connectivity index (χ0) is 24.4. The fourth-order valence-corrected chi connectivity index (χ4v) is 6.61. The molecule has 2 atom stereocenters. The summed E-state index contributed by atoms with van der Waals surface area (Å²) < 4.78 is 6.30. The van der Waals surface area contributed by atoms with E-state index < -0.39 is 0 Å². The number of carbonyl (C=O) groups is 1. The molecule has 0 radical (unpaired) electrons. The Hall–Kier alpha value is -2.43. The van der Waals surface area contributed by atoms with Crippen molar-refractivity contribution in [2.75, 3.05) is 0 Å². The summed E-state index contributed by atoms with van der Waals surface area (Å²) in [7, 11) is 0. The number of amides is 1. The van der Waals surface area contributed by atoms with Gasteiger partial charge in [-0.2, -0.15) is 11.8 Å². The average Bonchev–Trinajstić information content (AvgIpc) is 3.12. The van der Waals surface area contributed by atoms with Crippen LogP contribution in [-0.2, 0) is 11.5 Å². The van der Waals surface area contributed by atoms with Crippen molar-refractivity contribution in [3.8, 4) is 5.75 Å². The van der Waals surface area contributed by atoms with Crippen molar-refractivity contribution >= 4 is 29.3 Å². The molecule has 2 unspecified atom stereocenters. The van der Waals surface area contributed by atoms with Gasteiger partial charge >= 0.3 is 0 Å².